The zero-order valence-corrected chi connectivity index (χ0v) is 13.8. The molecule has 0 bridgehead atoms. The number of rotatable bonds is 3. The number of aromatic nitrogens is 1. The van der Waals surface area contributed by atoms with E-state index in [2.05, 4.69) is 47.6 Å². The van der Waals surface area contributed by atoms with Crippen LogP contribution in [0, 0.1) is 6.92 Å². The molecule has 0 fully saturated rings. The first-order valence-corrected chi connectivity index (χ1v) is 8.32. The smallest absolute Gasteiger partial charge is 0.200 e. The minimum Gasteiger partial charge on any atom is -0.448 e. The van der Waals surface area contributed by atoms with Gasteiger partial charge in [-0.2, -0.15) is 0 Å². The summed E-state index contributed by atoms with van der Waals surface area (Å²) in [6.07, 6.45) is 3.53. The van der Waals surface area contributed by atoms with Crippen molar-refractivity contribution >= 4 is 33.1 Å². The predicted molar refractivity (Wildman–Crippen MR) is 96.6 cm³/mol. The Morgan fingerprint density at radius 3 is 2.65 bits per heavy atom. The van der Waals surface area contributed by atoms with Crippen molar-refractivity contribution in [3.8, 4) is 11.1 Å². The summed E-state index contributed by atoms with van der Waals surface area (Å²) >= 11 is 1.74. The minimum atomic E-state index is 0.783. The Balaban J connectivity index is 1.92. The third-order valence-electron chi connectivity index (χ3n) is 3.98. The van der Waals surface area contributed by atoms with Crippen LogP contribution in [0.25, 0.3) is 21.2 Å². The summed E-state index contributed by atoms with van der Waals surface area (Å²) in [4.78, 5) is 6.60. The van der Waals surface area contributed by atoms with Gasteiger partial charge in [0, 0.05) is 35.0 Å². The van der Waals surface area contributed by atoms with Crippen molar-refractivity contribution in [2.24, 2.45) is 0 Å². The first-order chi connectivity index (χ1) is 11.2. The van der Waals surface area contributed by atoms with Gasteiger partial charge in [0.05, 0.1) is 6.26 Å². The molecule has 3 heterocycles. The maximum absolute atomic E-state index is 5.53. The van der Waals surface area contributed by atoms with E-state index < -0.39 is 0 Å². The molecule has 0 N–H and O–H groups in total. The summed E-state index contributed by atoms with van der Waals surface area (Å²) in [7, 11) is 1.98. The van der Waals surface area contributed by atoms with Gasteiger partial charge in [-0.3, -0.25) is 4.90 Å². The van der Waals surface area contributed by atoms with Crippen molar-refractivity contribution in [1.29, 1.82) is 0 Å². The van der Waals surface area contributed by atoms with Gasteiger partial charge in [0.1, 0.15) is 5.82 Å². The molecule has 0 saturated heterocycles. The molecule has 0 atom stereocenters. The van der Waals surface area contributed by atoms with E-state index in [1.165, 1.54) is 26.8 Å². The molecule has 0 amide bonds. The monoisotopic (exact) mass is 320 g/mol. The van der Waals surface area contributed by atoms with Crippen LogP contribution in [0.15, 0.2) is 64.7 Å². The lowest BCUT2D eigenvalue weighted by molar-refractivity contribution is 0.569. The fraction of sp³-hybridized carbons (Fsp3) is 0.105. The Morgan fingerprint density at radius 2 is 1.91 bits per heavy atom. The number of thiophene rings is 1. The highest BCUT2D eigenvalue weighted by Crippen LogP contribution is 2.40. The van der Waals surface area contributed by atoms with Crippen molar-refractivity contribution in [2.45, 2.75) is 6.92 Å². The van der Waals surface area contributed by atoms with E-state index in [1.54, 1.807) is 17.6 Å². The molecule has 4 aromatic rings. The summed E-state index contributed by atoms with van der Waals surface area (Å²) in [5, 5.41) is 3.37. The predicted octanol–water partition coefficient (Wildman–Crippen LogP) is 5.63. The average Bonchev–Trinajstić information content (AvgIpc) is 3.24. The van der Waals surface area contributed by atoms with E-state index in [0.29, 0.717) is 0 Å². The number of fused-ring (bicyclic) bond motifs is 1. The number of benzene rings is 1. The molecule has 23 heavy (non-hydrogen) atoms. The van der Waals surface area contributed by atoms with Crippen LogP contribution in [-0.4, -0.2) is 12.0 Å². The summed E-state index contributed by atoms with van der Waals surface area (Å²) < 4.78 is 6.75. The largest absolute Gasteiger partial charge is 0.448 e. The molecule has 114 valence electrons. The molecule has 4 heteroatoms. The third kappa shape index (κ3) is 2.41. The highest BCUT2D eigenvalue weighted by Gasteiger charge is 2.16. The van der Waals surface area contributed by atoms with Crippen LogP contribution in [0.1, 0.15) is 5.56 Å². The van der Waals surface area contributed by atoms with Crippen LogP contribution in [0.4, 0.5) is 11.7 Å². The van der Waals surface area contributed by atoms with Crippen LogP contribution in [0.2, 0.25) is 0 Å². The van der Waals surface area contributed by atoms with Gasteiger partial charge in [-0.15, -0.1) is 11.3 Å². The number of furan rings is 1. The highest BCUT2D eigenvalue weighted by molar-refractivity contribution is 7.17. The number of anilines is 2. The Labute approximate surface area is 138 Å². The lowest BCUT2D eigenvalue weighted by Crippen LogP contribution is -2.10. The van der Waals surface area contributed by atoms with Crippen LogP contribution >= 0.6 is 11.3 Å². The third-order valence-corrected chi connectivity index (χ3v) is 4.93. The number of nitrogens with zero attached hydrogens (tertiary/aromatic N) is 2. The Bertz CT molecular complexity index is 939. The van der Waals surface area contributed by atoms with Crippen molar-refractivity contribution < 1.29 is 4.42 Å². The SMILES string of the molecule is Cc1ccc(-c2csc3ccnc(N(C)c4ccco4)c23)cc1. The number of hydrogen-bond acceptors (Lipinski definition) is 4. The zero-order chi connectivity index (χ0) is 15.8. The lowest BCUT2D eigenvalue weighted by Gasteiger charge is -2.16. The van der Waals surface area contributed by atoms with Gasteiger partial charge in [-0.1, -0.05) is 29.8 Å². The van der Waals surface area contributed by atoms with Crippen LogP contribution in [0.5, 0.6) is 0 Å². The van der Waals surface area contributed by atoms with Gasteiger partial charge in [0.2, 0.25) is 5.88 Å². The van der Waals surface area contributed by atoms with Crippen LogP contribution in [-0.2, 0) is 0 Å². The minimum absolute atomic E-state index is 0.783. The second-order valence-corrected chi connectivity index (χ2v) is 6.44. The van der Waals surface area contributed by atoms with Crippen molar-refractivity contribution in [2.75, 3.05) is 11.9 Å². The quantitative estimate of drug-likeness (QED) is 0.489. The molecular weight excluding hydrogens is 304 g/mol. The highest BCUT2D eigenvalue weighted by atomic mass is 32.1. The lowest BCUT2D eigenvalue weighted by atomic mass is 10.0. The molecule has 1 aromatic carbocycles. The number of pyridine rings is 1. The average molecular weight is 320 g/mol. The van der Waals surface area contributed by atoms with Gasteiger partial charge < -0.3 is 4.42 Å². The van der Waals surface area contributed by atoms with Crippen molar-refractivity contribution in [3.05, 3.63) is 65.9 Å². The van der Waals surface area contributed by atoms with E-state index in [-0.39, 0.29) is 0 Å². The van der Waals surface area contributed by atoms with E-state index in [4.69, 9.17) is 4.42 Å². The molecule has 0 spiro atoms. The molecular formula is C19H16N2OS. The summed E-state index contributed by atoms with van der Waals surface area (Å²) in [5.41, 5.74) is 3.69. The molecule has 0 radical (unpaired) electrons. The first-order valence-electron chi connectivity index (χ1n) is 7.44. The molecule has 0 unspecified atom stereocenters. The Morgan fingerprint density at radius 1 is 1.09 bits per heavy atom. The fourth-order valence-electron chi connectivity index (χ4n) is 2.73. The van der Waals surface area contributed by atoms with E-state index in [0.717, 1.165) is 11.7 Å². The topological polar surface area (TPSA) is 29.3 Å². The molecule has 4 rings (SSSR count). The Kier molecular flexibility index (Phi) is 3.39. The fourth-order valence-corrected chi connectivity index (χ4v) is 3.69. The molecule has 3 nitrogen and oxygen atoms in total. The van der Waals surface area contributed by atoms with Gasteiger partial charge >= 0.3 is 0 Å². The molecule has 3 aromatic heterocycles. The second-order valence-electron chi connectivity index (χ2n) is 5.53. The number of hydrogen-bond donors (Lipinski definition) is 0. The molecule has 0 aliphatic carbocycles. The molecule has 0 aliphatic rings. The van der Waals surface area contributed by atoms with Crippen LogP contribution < -0.4 is 4.90 Å². The van der Waals surface area contributed by atoms with Gasteiger partial charge in [0.15, 0.2) is 0 Å². The van der Waals surface area contributed by atoms with Crippen molar-refractivity contribution in [1.82, 2.24) is 4.98 Å². The maximum Gasteiger partial charge on any atom is 0.200 e. The van der Waals surface area contributed by atoms with Crippen LogP contribution in [0.3, 0.4) is 0 Å². The summed E-state index contributed by atoms with van der Waals surface area (Å²) in [6, 6.07) is 14.5. The molecule has 0 aliphatic heterocycles. The van der Waals surface area contributed by atoms with Gasteiger partial charge in [0.25, 0.3) is 0 Å². The van der Waals surface area contributed by atoms with Gasteiger partial charge in [-0.05, 0) is 30.0 Å². The van der Waals surface area contributed by atoms with E-state index >= 15 is 0 Å². The van der Waals surface area contributed by atoms with E-state index in [1.807, 2.05) is 30.3 Å². The summed E-state index contributed by atoms with van der Waals surface area (Å²) in [6.45, 7) is 2.10. The summed E-state index contributed by atoms with van der Waals surface area (Å²) in [5.74, 6) is 1.69. The van der Waals surface area contributed by atoms with E-state index in [9.17, 15) is 0 Å². The zero-order valence-electron chi connectivity index (χ0n) is 13.0. The molecule has 0 saturated carbocycles. The first kappa shape index (κ1) is 14.0. The maximum atomic E-state index is 5.53. The van der Waals surface area contributed by atoms with Crippen molar-refractivity contribution in [3.63, 3.8) is 0 Å². The Hall–Kier alpha value is -2.59. The standard InChI is InChI=1S/C19H16N2OS/c1-13-5-7-14(8-6-13)15-12-23-16-9-10-20-19(18(15)16)21(2)17-4-3-11-22-17/h3-12H,1-2H3. The number of aryl methyl sites for hydroxylation is 1. The van der Waals surface area contributed by atoms with Gasteiger partial charge in [-0.25, -0.2) is 4.98 Å². The normalized spacial score (nSPS) is 11.0. The second kappa shape index (κ2) is 5.56.